The molecule has 16 heteroatoms. The molecule has 1 aliphatic rings. The van der Waals surface area contributed by atoms with Crippen LogP contribution in [0.25, 0.3) is 0 Å². The van der Waals surface area contributed by atoms with Gasteiger partial charge in [-0.05, 0) is 43.6 Å². The fourth-order valence-corrected chi connectivity index (χ4v) is 6.38. The van der Waals surface area contributed by atoms with Crippen molar-refractivity contribution in [3.63, 3.8) is 0 Å². The van der Waals surface area contributed by atoms with E-state index in [0.29, 0.717) is 24.8 Å². The maximum atomic E-state index is 13.6. The SMILES string of the molecule is CCCC(NC(=O)C(CS(C)(=O)=O)NC(=O)C(NC(=O)OCC(C)C)C1CCCCC1)C(=O)C(=O)NCC(=O)NC(C(C)=O)c1ccccc1. The van der Waals surface area contributed by atoms with E-state index < -0.39 is 81.8 Å². The number of benzene rings is 1. The molecular weight excluding hydrogens is 670 g/mol. The molecule has 0 heterocycles. The average molecular weight is 722 g/mol. The molecule has 0 bridgehead atoms. The lowest BCUT2D eigenvalue weighted by Gasteiger charge is -2.31. The van der Waals surface area contributed by atoms with E-state index in [1.165, 1.54) is 6.92 Å². The highest BCUT2D eigenvalue weighted by molar-refractivity contribution is 7.90. The summed E-state index contributed by atoms with van der Waals surface area (Å²) in [6.07, 6.45) is 4.20. The first kappa shape index (κ1) is 41.8. The number of nitrogens with one attached hydrogen (secondary N) is 5. The number of ketones is 2. The summed E-state index contributed by atoms with van der Waals surface area (Å²) in [6, 6.07) is 3.29. The van der Waals surface area contributed by atoms with Gasteiger partial charge in [-0.25, -0.2) is 13.2 Å². The van der Waals surface area contributed by atoms with E-state index in [9.17, 15) is 42.0 Å². The van der Waals surface area contributed by atoms with Gasteiger partial charge in [-0.3, -0.25) is 28.8 Å². The molecule has 0 radical (unpaired) electrons. The average Bonchev–Trinajstić information content (AvgIpc) is 3.06. The number of carbonyl (C=O) groups excluding carboxylic acids is 7. The Labute approximate surface area is 293 Å². The Bertz CT molecular complexity index is 1460. The molecule has 5 amide bonds. The first-order chi connectivity index (χ1) is 23.5. The molecule has 0 aliphatic heterocycles. The second-order valence-electron chi connectivity index (χ2n) is 13.1. The minimum atomic E-state index is -3.87. The number of rotatable bonds is 19. The van der Waals surface area contributed by atoms with Crippen molar-refractivity contribution >= 4 is 51.1 Å². The standard InChI is InChI=1S/C34H51N5O10S/c1-6-13-25(30(42)33(45)35-18-27(41)38-28(22(4)40)23-14-9-7-10-15-23)36-31(43)26(20-50(5,47)48)37-32(44)29(24-16-11-8-12-17-24)39-34(46)49-19-21(2)3/h7,9-10,14-15,21,24-26,28-29H,6,8,11-13,16-20H2,1-5H3,(H,35,45)(H,36,43)(H,37,44)(H,38,41)(H,39,46). The molecule has 1 aliphatic carbocycles. The Morgan fingerprint density at radius 1 is 0.860 bits per heavy atom. The van der Waals surface area contributed by atoms with Crippen molar-refractivity contribution in [3.05, 3.63) is 35.9 Å². The molecule has 50 heavy (non-hydrogen) atoms. The van der Waals surface area contributed by atoms with Gasteiger partial charge in [0.1, 0.15) is 28.0 Å². The summed E-state index contributed by atoms with van der Waals surface area (Å²) >= 11 is 0. The van der Waals surface area contributed by atoms with Gasteiger partial charge in [0.15, 0.2) is 5.78 Å². The molecule has 0 aromatic heterocycles. The lowest BCUT2D eigenvalue weighted by molar-refractivity contribution is -0.141. The van der Waals surface area contributed by atoms with Crippen molar-refractivity contribution in [2.24, 2.45) is 11.8 Å². The van der Waals surface area contributed by atoms with Crippen LogP contribution in [0.15, 0.2) is 30.3 Å². The van der Waals surface area contributed by atoms with Gasteiger partial charge in [0.25, 0.3) is 5.91 Å². The van der Waals surface area contributed by atoms with E-state index in [1.807, 2.05) is 13.8 Å². The van der Waals surface area contributed by atoms with Gasteiger partial charge in [0, 0.05) is 6.26 Å². The van der Waals surface area contributed by atoms with Crippen molar-refractivity contribution < 1.29 is 46.7 Å². The summed E-state index contributed by atoms with van der Waals surface area (Å²) in [6.45, 7) is 6.16. The van der Waals surface area contributed by atoms with Crippen LogP contribution in [-0.2, 0) is 43.3 Å². The molecule has 4 unspecified atom stereocenters. The molecule has 0 saturated heterocycles. The van der Waals surface area contributed by atoms with E-state index in [2.05, 4.69) is 26.6 Å². The van der Waals surface area contributed by atoms with Gasteiger partial charge < -0.3 is 31.3 Å². The second kappa shape index (κ2) is 20.4. The van der Waals surface area contributed by atoms with Crippen LogP contribution in [0.3, 0.4) is 0 Å². The van der Waals surface area contributed by atoms with Crippen molar-refractivity contribution in [2.45, 2.75) is 96.8 Å². The molecule has 1 saturated carbocycles. The zero-order chi connectivity index (χ0) is 37.4. The first-order valence-electron chi connectivity index (χ1n) is 16.9. The Morgan fingerprint density at radius 2 is 1.48 bits per heavy atom. The summed E-state index contributed by atoms with van der Waals surface area (Å²) < 4.78 is 29.9. The van der Waals surface area contributed by atoms with Crippen molar-refractivity contribution in [3.8, 4) is 0 Å². The summed E-state index contributed by atoms with van der Waals surface area (Å²) in [5, 5.41) is 12.1. The van der Waals surface area contributed by atoms with Crippen molar-refractivity contribution in [1.82, 2.24) is 26.6 Å². The molecule has 278 valence electrons. The van der Waals surface area contributed by atoms with E-state index >= 15 is 0 Å². The van der Waals surface area contributed by atoms with Crippen molar-refractivity contribution in [2.75, 3.05) is 25.2 Å². The normalized spacial score (nSPS) is 15.8. The van der Waals surface area contributed by atoms with Gasteiger partial charge in [-0.15, -0.1) is 0 Å². The summed E-state index contributed by atoms with van der Waals surface area (Å²) in [4.78, 5) is 90.2. The highest BCUT2D eigenvalue weighted by atomic mass is 32.2. The minimum Gasteiger partial charge on any atom is -0.449 e. The molecule has 4 atom stereocenters. The fourth-order valence-electron chi connectivity index (χ4n) is 5.54. The Balaban J connectivity index is 2.15. The number of sulfone groups is 1. The van der Waals surface area contributed by atoms with Crippen LogP contribution < -0.4 is 26.6 Å². The quantitative estimate of drug-likeness (QED) is 0.129. The van der Waals surface area contributed by atoms with Gasteiger partial charge in [0.05, 0.1) is 24.9 Å². The van der Waals surface area contributed by atoms with Gasteiger partial charge >= 0.3 is 6.09 Å². The Kier molecular flexibility index (Phi) is 17.0. The zero-order valence-corrected chi connectivity index (χ0v) is 30.2. The van der Waals surface area contributed by atoms with Gasteiger partial charge in [-0.2, -0.15) is 0 Å². The number of carbonyl (C=O) groups is 7. The monoisotopic (exact) mass is 721 g/mol. The number of amides is 5. The van der Waals surface area contributed by atoms with Crippen LogP contribution in [0, 0.1) is 11.8 Å². The highest BCUT2D eigenvalue weighted by Crippen LogP contribution is 2.27. The van der Waals surface area contributed by atoms with E-state index in [-0.39, 0.29) is 30.6 Å². The summed E-state index contributed by atoms with van der Waals surface area (Å²) in [5.41, 5.74) is 0.532. The zero-order valence-electron chi connectivity index (χ0n) is 29.4. The van der Waals surface area contributed by atoms with Gasteiger partial charge in [0.2, 0.25) is 23.5 Å². The van der Waals surface area contributed by atoms with E-state index in [4.69, 9.17) is 4.74 Å². The lowest BCUT2D eigenvalue weighted by Crippen LogP contribution is -2.59. The topological polar surface area (TPSA) is 223 Å². The van der Waals surface area contributed by atoms with E-state index in [1.54, 1.807) is 37.3 Å². The maximum Gasteiger partial charge on any atom is 0.407 e. The molecule has 1 fully saturated rings. The number of ether oxygens (including phenoxy) is 1. The van der Waals surface area contributed by atoms with Gasteiger partial charge in [-0.1, -0.05) is 76.8 Å². The Morgan fingerprint density at radius 3 is 2.04 bits per heavy atom. The number of hydrogen-bond donors (Lipinski definition) is 5. The third-order valence-corrected chi connectivity index (χ3v) is 8.95. The number of hydrogen-bond acceptors (Lipinski definition) is 10. The predicted molar refractivity (Wildman–Crippen MR) is 184 cm³/mol. The number of alkyl carbamates (subject to hydrolysis) is 1. The smallest absolute Gasteiger partial charge is 0.407 e. The number of Topliss-reactive ketones (excluding diaryl/α,β-unsaturated/α-hetero) is 2. The molecule has 1 aromatic rings. The Hall–Kier alpha value is -4.34. The highest BCUT2D eigenvalue weighted by Gasteiger charge is 2.36. The second-order valence-corrected chi connectivity index (χ2v) is 15.3. The largest absolute Gasteiger partial charge is 0.449 e. The van der Waals surface area contributed by atoms with Crippen LogP contribution >= 0.6 is 0 Å². The molecule has 2 rings (SSSR count). The molecular formula is C34H51N5O10S. The molecule has 5 N–H and O–H groups in total. The van der Waals surface area contributed by atoms with Crippen LogP contribution in [0.4, 0.5) is 4.79 Å². The third-order valence-electron chi connectivity index (χ3n) is 8.02. The fraction of sp³-hybridized carbons (Fsp3) is 0.618. The van der Waals surface area contributed by atoms with Crippen LogP contribution in [-0.4, -0.2) is 93.0 Å². The van der Waals surface area contributed by atoms with Crippen LogP contribution in [0.2, 0.25) is 0 Å². The molecule has 15 nitrogen and oxygen atoms in total. The third kappa shape index (κ3) is 14.6. The molecule has 1 aromatic carbocycles. The summed E-state index contributed by atoms with van der Waals surface area (Å²) in [5.74, 6) is -6.26. The van der Waals surface area contributed by atoms with E-state index in [0.717, 1.165) is 25.5 Å². The van der Waals surface area contributed by atoms with Crippen LogP contribution in [0.5, 0.6) is 0 Å². The minimum absolute atomic E-state index is 0.0158. The maximum absolute atomic E-state index is 13.6. The predicted octanol–water partition coefficient (Wildman–Crippen LogP) is 1.26. The van der Waals surface area contributed by atoms with Crippen LogP contribution in [0.1, 0.15) is 84.2 Å². The first-order valence-corrected chi connectivity index (χ1v) is 19.0. The molecule has 0 spiro atoms. The lowest BCUT2D eigenvalue weighted by atomic mass is 9.83. The van der Waals surface area contributed by atoms with Crippen molar-refractivity contribution in [1.29, 1.82) is 0 Å². The summed E-state index contributed by atoms with van der Waals surface area (Å²) in [7, 11) is -3.87.